The van der Waals surface area contributed by atoms with Crippen molar-refractivity contribution < 1.29 is 32.6 Å². The maximum atomic E-state index is 14.0. The van der Waals surface area contributed by atoms with E-state index in [0.29, 0.717) is 28.4 Å². The lowest BCUT2D eigenvalue weighted by molar-refractivity contribution is -0.143. The molecule has 0 spiro atoms. The van der Waals surface area contributed by atoms with Gasteiger partial charge < -0.3 is 14.7 Å². The standard InChI is InChI=1S/C36H35F3N4O4/c1-20-16-25-9-11-30(47-29-10-8-24(18-21(29)2)22-12-14-42(15-13-22)34(44)23-6-7-23)32(25)26(17-20)28-4-3-5-31(41-28)43-33(36(37,38)39)27(19-40-43)35(45)46/h3-5,8,10,16-19,22-23,30H,6-7,9,11-15H2,1-2H3,(H,45,46). The van der Waals surface area contributed by atoms with Crippen LogP contribution in [-0.4, -0.2) is 49.7 Å². The highest BCUT2D eigenvalue weighted by molar-refractivity contribution is 5.89. The van der Waals surface area contributed by atoms with E-state index in [1.54, 1.807) is 12.1 Å². The molecule has 3 aliphatic rings. The first kappa shape index (κ1) is 31.0. The van der Waals surface area contributed by atoms with Crippen molar-refractivity contribution in [2.75, 3.05) is 13.1 Å². The second kappa shape index (κ2) is 11.8. The van der Waals surface area contributed by atoms with Gasteiger partial charge in [0, 0.05) is 30.1 Å². The molecule has 1 unspecified atom stereocenters. The summed E-state index contributed by atoms with van der Waals surface area (Å²) in [6.45, 7) is 5.60. The van der Waals surface area contributed by atoms with E-state index in [1.807, 2.05) is 30.9 Å². The lowest BCUT2D eigenvalue weighted by Crippen LogP contribution is -2.38. The summed E-state index contributed by atoms with van der Waals surface area (Å²) in [6.07, 6.45) is 0.916. The zero-order valence-electron chi connectivity index (χ0n) is 26.2. The number of carboxylic acid groups (broad SMARTS) is 1. The number of fused-ring (bicyclic) bond motifs is 1. The topological polar surface area (TPSA) is 97.6 Å². The third-order valence-corrected chi connectivity index (χ3v) is 9.58. The number of nitrogens with zero attached hydrogens (tertiary/aromatic N) is 4. The molecule has 0 bridgehead atoms. The van der Waals surface area contributed by atoms with Crippen LogP contribution in [0.4, 0.5) is 13.2 Å². The number of carboxylic acids is 1. The number of aromatic carboxylic acids is 1. The van der Waals surface area contributed by atoms with Crippen molar-refractivity contribution in [3.63, 3.8) is 0 Å². The molecule has 2 aromatic heterocycles. The van der Waals surface area contributed by atoms with Crippen LogP contribution in [0.2, 0.25) is 0 Å². The molecule has 1 aliphatic heterocycles. The molecule has 11 heteroatoms. The minimum atomic E-state index is -4.95. The number of hydrogen-bond donors (Lipinski definition) is 1. The summed E-state index contributed by atoms with van der Waals surface area (Å²) < 4.78 is 49.1. The number of benzene rings is 2. The Morgan fingerprint density at radius 3 is 2.43 bits per heavy atom. The first-order valence-corrected chi connectivity index (χ1v) is 16.0. The fourth-order valence-electron chi connectivity index (χ4n) is 7.10. The van der Waals surface area contributed by atoms with Gasteiger partial charge in [-0.1, -0.05) is 29.8 Å². The van der Waals surface area contributed by atoms with Gasteiger partial charge in [0.25, 0.3) is 0 Å². The number of hydrogen-bond acceptors (Lipinski definition) is 5. The molecular formula is C36H35F3N4O4. The number of rotatable bonds is 7. The van der Waals surface area contributed by atoms with Crippen LogP contribution in [0.25, 0.3) is 17.1 Å². The summed E-state index contributed by atoms with van der Waals surface area (Å²) in [6, 6.07) is 15.1. The number of carbonyl (C=O) groups excluding carboxylic acids is 1. The predicted octanol–water partition coefficient (Wildman–Crippen LogP) is 7.45. The van der Waals surface area contributed by atoms with Crippen LogP contribution in [-0.2, 0) is 17.4 Å². The van der Waals surface area contributed by atoms with Gasteiger partial charge in [-0.2, -0.15) is 18.3 Å². The molecule has 1 saturated heterocycles. The molecule has 244 valence electrons. The number of halogens is 3. The molecule has 3 heterocycles. The molecule has 47 heavy (non-hydrogen) atoms. The molecule has 0 radical (unpaired) electrons. The van der Waals surface area contributed by atoms with Crippen LogP contribution in [0.15, 0.2) is 54.7 Å². The number of piperidine rings is 1. The third-order valence-electron chi connectivity index (χ3n) is 9.58. The molecule has 2 fully saturated rings. The molecule has 4 aromatic rings. The van der Waals surface area contributed by atoms with Gasteiger partial charge >= 0.3 is 12.1 Å². The molecule has 8 nitrogen and oxygen atoms in total. The number of aryl methyl sites for hydroxylation is 3. The lowest BCUT2D eigenvalue weighted by atomic mass is 9.88. The summed E-state index contributed by atoms with van der Waals surface area (Å²) in [5.41, 5.74) is 4.17. The Labute approximate surface area is 270 Å². The third kappa shape index (κ3) is 5.99. The van der Waals surface area contributed by atoms with Crippen molar-refractivity contribution in [3.05, 3.63) is 93.8 Å². The molecule has 2 aliphatic carbocycles. The van der Waals surface area contributed by atoms with Gasteiger partial charge in [0.1, 0.15) is 17.4 Å². The maximum absolute atomic E-state index is 14.0. The van der Waals surface area contributed by atoms with Crippen molar-refractivity contribution in [3.8, 4) is 22.8 Å². The van der Waals surface area contributed by atoms with Crippen molar-refractivity contribution in [1.29, 1.82) is 0 Å². The second-order valence-electron chi connectivity index (χ2n) is 12.9. The highest BCUT2D eigenvalue weighted by Crippen LogP contribution is 2.43. The zero-order chi connectivity index (χ0) is 33.0. The highest BCUT2D eigenvalue weighted by Gasteiger charge is 2.41. The van der Waals surface area contributed by atoms with Crippen molar-refractivity contribution in [2.24, 2.45) is 5.92 Å². The average molecular weight is 645 g/mol. The first-order chi connectivity index (χ1) is 22.5. The van der Waals surface area contributed by atoms with E-state index in [0.717, 1.165) is 85.2 Å². The minimum Gasteiger partial charge on any atom is -0.485 e. The number of carbonyl (C=O) groups is 2. The van der Waals surface area contributed by atoms with Crippen LogP contribution < -0.4 is 4.74 Å². The number of pyridine rings is 1. The molecular weight excluding hydrogens is 609 g/mol. The summed E-state index contributed by atoms with van der Waals surface area (Å²) >= 11 is 0. The number of likely N-dealkylation sites (tertiary alicyclic amines) is 1. The summed E-state index contributed by atoms with van der Waals surface area (Å²) in [4.78, 5) is 30.6. The molecule has 1 N–H and O–H groups in total. The summed E-state index contributed by atoms with van der Waals surface area (Å²) in [5.74, 6) is -0.121. The number of aromatic nitrogens is 3. The van der Waals surface area contributed by atoms with E-state index in [1.165, 1.54) is 11.6 Å². The smallest absolute Gasteiger partial charge is 0.434 e. The second-order valence-corrected chi connectivity index (χ2v) is 12.9. The van der Waals surface area contributed by atoms with Gasteiger partial charge in [-0.25, -0.2) is 14.5 Å². The van der Waals surface area contributed by atoms with Crippen LogP contribution in [0, 0.1) is 19.8 Å². The highest BCUT2D eigenvalue weighted by atomic mass is 19.4. The van der Waals surface area contributed by atoms with Crippen LogP contribution in [0.1, 0.15) is 88.0 Å². The van der Waals surface area contributed by atoms with E-state index in [-0.39, 0.29) is 17.8 Å². The molecule has 2 aromatic carbocycles. The monoisotopic (exact) mass is 644 g/mol. The lowest BCUT2D eigenvalue weighted by Gasteiger charge is -2.32. The Hall–Kier alpha value is -4.67. The SMILES string of the molecule is Cc1cc2c(c(-c3cccc(-n4ncc(C(=O)O)c4C(F)(F)F)n3)c1)C(Oc1ccc(C3CCN(C(=O)C4CC4)CC3)cc1C)CC2. The van der Waals surface area contributed by atoms with Crippen LogP contribution >= 0.6 is 0 Å². The van der Waals surface area contributed by atoms with E-state index >= 15 is 0 Å². The minimum absolute atomic E-state index is 0.137. The van der Waals surface area contributed by atoms with Gasteiger partial charge in [0.15, 0.2) is 11.5 Å². The average Bonchev–Trinajstić information content (AvgIpc) is 3.66. The molecule has 1 saturated carbocycles. The Balaban J connectivity index is 1.15. The van der Waals surface area contributed by atoms with E-state index < -0.39 is 23.4 Å². The van der Waals surface area contributed by atoms with Crippen LogP contribution in [0.3, 0.4) is 0 Å². The molecule has 1 atom stereocenters. The molecule has 1 amide bonds. The normalized spacial score (nSPS) is 18.3. The van der Waals surface area contributed by atoms with Gasteiger partial charge in [-0.3, -0.25) is 4.79 Å². The molecule has 7 rings (SSSR count). The summed E-state index contributed by atoms with van der Waals surface area (Å²) in [7, 11) is 0. The zero-order valence-corrected chi connectivity index (χ0v) is 26.2. The summed E-state index contributed by atoms with van der Waals surface area (Å²) in [5, 5.41) is 13.1. The van der Waals surface area contributed by atoms with Gasteiger partial charge in [-0.05, 0) is 99.2 Å². The van der Waals surface area contributed by atoms with E-state index in [9.17, 15) is 27.9 Å². The van der Waals surface area contributed by atoms with Crippen LogP contribution in [0.5, 0.6) is 5.75 Å². The van der Waals surface area contributed by atoms with Crippen molar-refractivity contribution >= 4 is 11.9 Å². The predicted molar refractivity (Wildman–Crippen MR) is 168 cm³/mol. The fourth-order valence-corrected chi connectivity index (χ4v) is 7.10. The largest absolute Gasteiger partial charge is 0.485 e. The Kier molecular flexibility index (Phi) is 7.80. The fraction of sp³-hybridized carbons (Fsp3) is 0.389. The van der Waals surface area contributed by atoms with Crippen molar-refractivity contribution in [1.82, 2.24) is 19.7 Å². The van der Waals surface area contributed by atoms with E-state index in [4.69, 9.17) is 4.74 Å². The first-order valence-electron chi connectivity index (χ1n) is 16.0. The quantitative estimate of drug-likeness (QED) is 0.225. The van der Waals surface area contributed by atoms with Gasteiger partial charge in [-0.15, -0.1) is 0 Å². The van der Waals surface area contributed by atoms with Gasteiger partial charge in [0.05, 0.1) is 11.9 Å². The van der Waals surface area contributed by atoms with Crippen molar-refractivity contribution in [2.45, 2.75) is 70.6 Å². The van der Waals surface area contributed by atoms with E-state index in [2.05, 4.69) is 28.3 Å². The Bertz CT molecular complexity index is 1870. The Morgan fingerprint density at radius 1 is 0.979 bits per heavy atom. The Morgan fingerprint density at radius 2 is 1.74 bits per heavy atom. The number of amides is 1. The van der Waals surface area contributed by atoms with Gasteiger partial charge in [0.2, 0.25) is 5.91 Å². The maximum Gasteiger partial charge on any atom is 0.434 e. The number of alkyl halides is 3. The number of ether oxygens (including phenoxy) is 1.